The Labute approximate surface area is 370 Å². The normalized spacial score (nSPS) is 9.79. The van der Waals surface area contributed by atoms with Gasteiger partial charge in [0.05, 0.1) is 0 Å². The Morgan fingerprint density at radius 1 is 0.286 bits per heavy atom. The van der Waals surface area contributed by atoms with Crippen LogP contribution in [-0.2, 0) is 54.1 Å². The molecule has 56 heavy (non-hydrogen) atoms. The third kappa shape index (κ3) is 15.6. The van der Waals surface area contributed by atoms with Gasteiger partial charge < -0.3 is 10.2 Å². The standard InChI is InChI=1S/2C18H15As.2C7H7O.2Pd/c2*1-4-10-16(11-5-1)19(17-12-6-2-7-13-17)18-14-8-3-9-15-18;2*8-6-7-4-2-1-3-5-7;;/h2*1-15H;2*1-4,8H,6H2;;/q;;2*-1;;. The van der Waals surface area contributed by atoms with E-state index in [1.807, 2.05) is 36.4 Å². The first kappa shape index (κ1) is 46.5. The van der Waals surface area contributed by atoms with E-state index in [1.165, 1.54) is 26.1 Å². The Balaban J connectivity index is 0.000000213. The van der Waals surface area contributed by atoms with Crippen molar-refractivity contribution in [3.63, 3.8) is 0 Å². The molecule has 8 aromatic rings. The van der Waals surface area contributed by atoms with E-state index in [1.54, 1.807) is 12.1 Å². The average Bonchev–Trinajstić information content (AvgIpc) is 3.27. The van der Waals surface area contributed by atoms with Crippen molar-refractivity contribution in [2.24, 2.45) is 0 Å². The summed E-state index contributed by atoms with van der Waals surface area (Å²) in [6, 6.07) is 85.9. The summed E-state index contributed by atoms with van der Waals surface area (Å²) >= 11 is -2.78. The van der Waals surface area contributed by atoms with Gasteiger partial charge in [0, 0.05) is 54.1 Å². The molecular formula is C50H44As2O2Pd2-2. The van der Waals surface area contributed by atoms with Crippen molar-refractivity contribution in [2.45, 2.75) is 13.2 Å². The molecule has 8 aromatic carbocycles. The zero-order chi connectivity index (χ0) is 37.5. The van der Waals surface area contributed by atoms with Crippen LogP contribution in [0.2, 0.25) is 0 Å². The number of rotatable bonds is 8. The minimum absolute atomic E-state index is 0. The molecule has 2 nitrogen and oxygen atoms in total. The molecule has 0 saturated heterocycles. The number of hydrogen-bond acceptors (Lipinski definition) is 2. The number of aliphatic hydroxyl groups excluding tert-OH is 2. The van der Waals surface area contributed by atoms with Gasteiger partial charge in [-0.05, 0) is 0 Å². The van der Waals surface area contributed by atoms with E-state index in [-0.39, 0.29) is 54.1 Å². The van der Waals surface area contributed by atoms with Crippen molar-refractivity contribution in [1.82, 2.24) is 0 Å². The van der Waals surface area contributed by atoms with Crippen LogP contribution in [0.5, 0.6) is 0 Å². The Kier molecular flexibility index (Phi) is 23.0. The zero-order valence-electron chi connectivity index (χ0n) is 30.8. The van der Waals surface area contributed by atoms with Crippen LogP contribution in [0, 0.1) is 12.1 Å². The van der Waals surface area contributed by atoms with E-state index in [9.17, 15) is 0 Å². The maximum atomic E-state index is 8.51. The van der Waals surface area contributed by atoms with Gasteiger partial charge in [0.25, 0.3) is 0 Å². The summed E-state index contributed by atoms with van der Waals surface area (Å²) in [5.41, 5.74) is 1.68. The van der Waals surface area contributed by atoms with Gasteiger partial charge in [0.2, 0.25) is 0 Å². The first-order chi connectivity index (χ1) is 26.8. The van der Waals surface area contributed by atoms with Gasteiger partial charge in [-0.25, -0.2) is 0 Å². The van der Waals surface area contributed by atoms with Gasteiger partial charge in [-0.2, -0.15) is 60.7 Å². The molecule has 0 atom stereocenters. The zero-order valence-corrected chi connectivity index (χ0v) is 37.6. The van der Waals surface area contributed by atoms with Crippen molar-refractivity contribution < 1.29 is 51.1 Å². The summed E-state index contributed by atoms with van der Waals surface area (Å²) in [6.45, 7) is 0.168. The van der Waals surface area contributed by atoms with Crippen molar-refractivity contribution in [3.8, 4) is 0 Å². The van der Waals surface area contributed by atoms with Gasteiger partial charge in [-0.3, -0.25) is 0 Å². The molecule has 0 aliphatic heterocycles. The molecule has 0 bridgehead atoms. The fourth-order valence-corrected chi connectivity index (χ4v) is 15.1. The molecule has 0 amide bonds. The predicted octanol–water partition coefficient (Wildman–Crippen LogP) is 6.36. The first-order valence-electron chi connectivity index (χ1n) is 17.8. The van der Waals surface area contributed by atoms with E-state index in [2.05, 4.69) is 194 Å². The molecule has 0 spiro atoms. The first-order valence-corrected chi connectivity index (χ1v) is 23.4. The fourth-order valence-electron chi connectivity index (χ4n) is 5.41. The van der Waals surface area contributed by atoms with Crippen LogP contribution in [0.15, 0.2) is 231 Å². The molecule has 0 aliphatic carbocycles. The average molecular weight is 1040 g/mol. The second-order valence-electron chi connectivity index (χ2n) is 11.8. The van der Waals surface area contributed by atoms with E-state index < -0.39 is 29.3 Å². The van der Waals surface area contributed by atoms with Crippen LogP contribution in [0.3, 0.4) is 0 Å². The summed E-state index contributed by atoms with van der Waals surface area (Å²) < 4.78 is 8.87. The van der Waals surface area contributed by atoms with E-state index in [0.29, 0.717) is 0 Å². The topological polar surface area (TPSA) is 40.5 Å². The van der Waals surface area contributed by atoms with Crippen molar-refractivity contribution in [2.75, 3.05) is 0 Å². The van der Waals surface area contributed by atoms with Crippen LogP contribution in [0.25, 0.3) is 0 Å². The molecule has 0 unspecified atom stereocenters. The third-order valence-electron chi connectivity index (χ3n) is 7.97. The van der Waals surface area contributed by atoms with Gasteiger partial charge in [-0.1, -0.05) is 0 Å². The monoisotopic (exact) mass is 1040 g/mol. The summed E-state index contributed by atoms with van der Waals surface area (Å²) in [5, 5.41) is 17.0. The molecule has 0 saturated carbocycles. The van der Waals surface area contributed by atoms with Gasteiger partial charge in [0.15, 0.2) is 0 Å². The van der Waals surface area contributed by atoms with Crippen LogP contribution in [0.4, 0.5) is 0 Å². The number of aliphatic hydroxyl groups is 2. The second kappa shape index (κ2) is 27.7. The summed E-state index contributed by atoms with van der Waals surface area (Å²) in [5.74, 6) is 0. The van der Waals surface area contributed by atoms with Crippen LogP contribution < -0.4 is 26.1 Å². The van der Waals surface area contributed by atoms with E-state index >= 15 is 0 Å². The van der Waals surface area contributed by atoms with Crippen molar-refractivity contribution in [1.29, 1.82) is 0 Å². The molecule has 288 valence electrons. The summed E-state index contributed by atoms with van der Waals surface area (Å²) in [7, 11) is 0. The Morgan fingerprint density at radius 2 is 0.482 bits per heavy atom. The minimum atomic E-state index is -1.39. The van der Waals surface area contributed by atoms with Crippen molar-refractivity contribution in [3.05, 3.63) is 254 Å². The van der Waals surface area contributed by atoms with Crippen LogP contribution in [0.1, 0.15) is 11.1 Å². The maximum absolute atomic E-state index is 8.51. The molecule has 0 radical (unpaired) electrons. The number of hydrogen-bond donors (Lipinski definition) is 2. The van der Waals surface area contributed by atoms with Crippen LogP contribution in [-0.4, -0.2) is 39.5 Å². The Bertz CT molecular complexity index is 1770. The molecule has 8 rings (SSSR count). The van der Waals surface area contributed by atoms with Crippen LogP contribution >= 0.6 is 0 Å². The van der Waals surface area contributed by atoms with Crippen molar-refractivity contribution >= 4 is 55.4 Å². The molecule has 0 heterocycles. The fraction of sp³-hybridized carbons (Fsp3) is 0.0400. The third-order valence-corrected chi connectivity index (χ3v) is 18.2. The quantitative estimate of drug-likeness (QED) is 0.138. The molecule has 0 fully saturated rings. The molecule has 0 aliphatic rings. The predicted molar refractivity (Wildman–Crippen MR) is 230 cm³/mol. The van der Waals surface area contributed by atoms with Gasteiger partial charge in [0.1, 0.15) is 0 Å². The summed E-state index contributed by atoms with van der Waals surface area (Å²) in [4.78, 5) is 0. The molecular weight excluding hydrogens is 995 g/mol. The molecule has 0 aromatic heterocycles. The Morgan fingerprint density at radius 3 is 0.625 bits per heavy atom. The van der Waals surface area contributed by atoms with Gasteiger partial charge in [-0.15, -0.1) is 11.1 Å². The Hall–Kier alpha value is -3.88. The summed E-state index contributed by atoms with van der Waals surface area (Å²) in [6.07, 6.45) is 0. The molecule has 6 heteroatoms. The van der Waals surface area contributed by atoms with E-state index in [0.717, 1.165) is 11.1 Å². The van der Waals surface area contributed by atoms with Gasteiger partial charge >= 0.3 is 237 Å². The second-order valence-corrected chi connectivity index (χ2v) is 21.1. The van der Waals surface area contributed by atoms with E-state index in [4.69, 9.17) is 10.2 Å². The SMILES string of the molecule is OCc1[c-]cccc1.OCc1[c-]cccc1.[Pd].[Pd].c1ccc([As](c2ccccc2)c2ccccc2)cc1.c1ccc([As](c2ccccc2)c2ccccc2)cc1. The molecule has 2 N–H and O–H groups in total. The number of benzene rings is 8.